The van der Waals surface area contributed by atoms with Gasteiger partial charge in [0.25, 0.3) is 0 Å². The number of benzene rings is 1. The second kappa shape index (κ2) is 2.63. The molecule has 12 heavy (non-hydrogen) atoms. The van der Waals surface area contributed by atoms with E-state index in [1.165, 1.54) is 12.1 Å². The van der Waals surface area contributed by atoms with Gasteiger partial charge >= 0.3 is 0 Å². The molecular formula is C10H8FO. The van der Waals surface area contributed by atoms with E-state index in [0.717, 1.165) is 16.5 Å². The van der Waals surface area contributed by atoms with Gasteiger partial charge in [-0.3, -0.25) is 0 Å². The third-order valence-corrected chi connectivity index (χ3v) is 1.87. The summed E-state index contributed by atoms with van der Waals surface area (Å²) < 4.78 is 17.9. The van der Waals surface area contributed by atoms with Gasteiger partial charge in [0.1, 0.15) is 11.6 Å². The quantitative estimate of drug-likeness (QED) is 0.630. The lowest BCUT2D eigenvalue weighted by molar-refractivity contribution is 0.528. The highest BCUT2D eigenvalue weighted by Crippen LogP contribution is 2.21. The first kappa shape index (κ1) is 7.35. The molecule has 1 nitrogen and oxygen atoms in total. The van der Waals surface area contributed by atoms with E-state index in [1.54, 1.807) is 12.3 Å². The fourth-order valence-corrected chi connectivity index (χ4v) is 1.28. The molecule has 2 heteroatoms. The van der Waals surface area contributed by atoms with E-state index in [9.17, 15) is 4.39 Å². The van der Waals surface area contributed by atoms with Crippen LogP contribution in [-0.2, 0) is 6.42 Å². The van der Waals surface area contributed by atoms with Gasteiger partial charge in [0, 0.05) is 17.2 Å². The van der Waals surface area contributed by atoms with Crippen LogP contribution in [0.25, 0.3) is 10.8 Å². The van der Waals surface area contributed by atoms with E-state index >= 15 is 0 Å². The van der Waals surface area contributed by atoms with Crippen LogP contribution in [0.3, 0.4) is 0 Å². The number of halogens is 1. The highest BCUT2D eigenvalue weighted by atomic mass is 19.1. The normalized spacial score (nSPS) is 10.8. The minimum Gasteiger partial charge on any atom is -0.468 e. The SMILES string of the molecule is [CH2]Cc1occ2cc(F)ccc12. The van der Waals surface area contributed by atoms with Gasteiger partial charge in [-0.25, -0.2) is 4.39 Å². The molecule has 0 amide bonds. The Morgan fingerprint density at radius 3 is 3.00 bits per heavy atom. The predicted molar refractivity (Wildman–Crippen MR) is 45.2 cm³/mol. The molecule has 0 spiro atoms. The van der Waals surface area contributed by atoms with Crippen LogP contribution in [-0.4, -0.2) is 0 Å². The summed E-state index contributed by atoms with van der Waals surface area (Å²) in [5.41, 5.74) is 0. The summed E-state index contributed by atoms with van der Waals surface area (Å²) in [4.78, 5) is 0. The maximum atomic E-state index is 12.7. The van der Waals surface area contributed by atoms with Gasteiger partial charge in [0.05, 0.1) is 6.26 Å². The van der Waals surface area contributed by atoms with Crippen molar-refractivity contribution in [3.63, 3.8) is 0 Å². The van der Waals surface area contributed by atoms with Gasteiger partial charge in [-0.2, -0.15) is 0 Å². The second-order valence-electron chi connectivity index (χ2n) is 2.64. The van der Waals surface area contributed by atoms with Crippen LogP contribution >= 0.6 is 0 Å². The van der Waals surface area contributed by atoms with Crippen LogP contribution in [0.1, 0.15) is 5.76 Å². The Morgan fingerprint density at radius 2 is 2.25 bits per heavy atom. The van der Waals surface area contributed by atoms with E-state index in [0.29, 0.717) is 6.42 Å². The molecule has 1 aromatic carbocycles. The number of rotatable bonds is 1. The first-order valence-corrected chi connectivity index (χ1v) is 3.76. The third kappa shape index (κ3) is 0.998. The third-order valence-electron chi connectivity index (χ3n) is 1.87. The Kier molecular flexibility index (Phi) is 1.61. The molecule has 1 heterocycles. The molecule has 0 saturated heterocycles. The molecule has 2 rings (SSSR count). The molecule has 0 fully saturated rings. The molecule has 0 aliphatic heterocycles. The van der Waals surface area contributed by atoms with Crippen molar-refractivity contribution in [3.8, 4) is 0 Å². The first-order chi connectivity index (χ1) is 5.81. The average Bonchev–Trinajstić information content (AvgIpc) is 2.46. The average molecular weight is 163 g/mol. The fraction of sp³-hybridized carbons (Fsp3) is 0.100. The summed E-state index contributed by atoms with van der Waals surface area (Å²) >= 11 is 0. The highest BCUT2D eigenvalue weighted by Gasteiger charge is 2.03. The predicted octanol–water partition coefficient (Wildman–Crippen LogP) is 2.95. The molecule has 0 N–H and O–H groups in total. The van der Waals surface area contributed by atoms with Crippen molar-refractivity contribution in [3.05, 3.63) is 43.0 Å². The van der Waals surface area contributed by atoms with Crippen molar-refractivity contribution in [1.29, 1.82) is 0 Å². The molecule has 0 saturated carbocycles. The molecule has 1 aromatic heterocycles. The van der Waals surface area contributed by atoms with Gasteiger partial charge in [0.15, 0.2) is 0 Å². The molecule has 0 atom stereocenters. The zero-order valence-electron chi connectivity index (χ0n) is 6.51. The molecule has 1 radical (unpaired) electrons. The zero-order chi connectivity index (χ0) is 8.55. The van der Waals surface area contributed by atoms with Gasteiger partial charge in [-0.05, 0) is 25.1 Å². The van der Waals surface area contributed by atoms with E-state index in [2.05, 4.69) is 6.92 Å². The van der Waals surface area contributed by atoms with Crippen LogP contribution < -0.4 is 0 Å². The van der Waals surface area contributed by atoms with Gasteiger partial charge < -0.3 is 4.42 Å². The summed E-state index contributed by atoms with van der Waals surface area (Å²) in [5, 5.41) is 1.75. The number of furan rings is 1. The Bertz CT molecular complexity index is 403. The van der Waals surface area contributed by atoms with Crippen LogP contribution in [0.5, 0.6) is 0 Å². The van der Waals surface area contributed by atoms with Gasteiger partial charge in [-0.15, -0.1) is 0 Å². The van der Waals surface area contributed by atoms with Crippen LogP contribution in [0, 0.1) is 12.7 Å². The van der Waals surface area contributed by atoms with Crippen molar-refractivity contribution in [2.24, 2.45) is 0 Å². The smallest absolute Gasteiger partial charge is 0.123 e. The van der Waals surface area contributed by atoms with E-state index < -0.39 is 0 Å². The maximum Gasteiger partial charge on any atom is 0.123 e. The monoisotopic (exact) mass is 163 g/mol. The Labute approximate surface area is 69.8 Å². The first-order valence-electron chi connectivity index (χ1n) is 3.76. The van der Waals surface area contributed by atoms with E-state index in [1.807, 2.05) is 0 Å². The zero-order valence-corrected chi connectivity index (χ0v) is 6.51. The number of hydrogen-bond acceptors (Lipinski definition) is 1. The maximum absolute atomic E-state index is 12.7. The molecule has 0 aliphatic carbocycles. The second-order valence-corrected chi connectivity index (χ2v) is 2.64. The summed E-state index contributed by atoms with van der Waals surface area (Å²) in [5.74, 6) is 0.573. The number of fused-ring (bicyclic) bond motifs is 1. The Balaban J connectivity index is 2.73. The standard InChI is InChI=1S/C10H8FO/c1-2-10-9-4-3-8(11)5-7(9)6-12-10/h3-6H,1-2H2. The van der Waals surface area contributed by atoms with Crippen molar-refractivity contribution < 1.29 is 8.81 Å². The Morgan fingerprint density at radius 1 is 1.42 bits per heavy atom. The summed E-state index contributed by atoms with van der Waals surface area (Å²) in [6.07, 6.45) is 2.15. The largest absolute Gasteiger partial charge is 0.468 e. The fourth-order valence-electron chi connectivity index (χ4n) is 1.28. The summed E-state index contributed by atoms with van der Waals surface area (Å²) in [6.45, 7) is 3.71. The van der Waals surface area contributed by atoms with Crippen LogP contribution in [0.15, 0.2) is 28.9 Å². The highest BCUT2D eigenvalue weighted by molar-refractivity contribution is 5.84. The molecular weight excluding hydrogens is 155 g/mol. The van der Waals surface area contributed by atoms with Gasteiger partial charge in [-0.1, -0.05) is 0 Å². The Hall–Kier alpha value is -1.31. The number of hydrogen-bond donors (Lipinski definition) is 0. The van der Waals surface area contributed by atoms with Crippen LogP contribution in [0.2, 0.25) is 0 Å². The molecule has 2 aromatic rings. The topological polar surface area (TPSA) is 13.1 Å². The summed E-state index contributed by atoms with van der Waals surface area (Å²) in [7, 11) is 0. The minimum atomic E-state index is -0.237. The van der Waals surface area contributed by atoms with Crippen molar-refractivity contribution in [2.75, 3.05) is 0 Å². The molecule has 0 unspecified atom stereocenters. The van der Waals surface area contributed by atoms with Crippen LogP contribution in [0.4, 0.5) is 4.39 Å². The molecule has 0 aliphatic rings. The van der Waals surface area contributed by atoms with E-state index in [4.69, 9.17) is 4.42 Å². The lowest BCUT2D eigenvalue weighted by Gasteiger charge is -1.90. The van der Waals surface area contributed by atoms with E-state index in [-0.39, 0.29) is 5.82 Å². The van der Waals surface area contributed by atoms with Crippen molar-refractivity contribution in [2.45, 2.75) is 6.42 Å². The minimum absolute atomic E-state index is 0.237. The molecule has 0 bridgehead atoms. The lowest BCUT2D eigenvalue weighted by Crippen LogP contribution is -1.76. The molecule has 61 valence electrons. The lowest BCUT2D eigenvalue weighted by atomic mass is 10.1. The van der Waals surface area contributed by atoms with Gasteiger partial charge in [0.2, 0.25) is 0 Å². The summed E-state index contributed by atoms with van der Waals surface area (Å²) in [6, 6.07) is 4.60. The van der Waals surface area contributed by atoms with Crippen molar-refractivity contribution >= 4 is 10.8 Å². The van der Waals surface area contributed by atoms with Crippen molar-refractivity contribution in [1.82, 2.24) is 0 Å².